The molecule has 2 rings (SSSR count). The van der Waals surface area contributed by atoms with Crippen molar-refractivity contribution in [2.24, 2.45) is 0 Å². The maximum atomic E-state index is 12.4. The van der Waals surface area contributed by atoms with Crippen molar-refractivity contribution >= 4 is 56.4 Å². The van der Waals surface area contributed by atoms with Crippen molar-refractivity contribution in [1.82, 2.24) is 4.98 Å². The summed E-state index contributed by atoms with van der Waals surface area (Å²) in [6.07, 6.45) is 0. The van der Waals surface area contributed by atoms with E-state index in [-0.39, 0.29) is 16.7 Å². The zero-order valence-electron chi connectivity index (χ0n) is 13.4. The Bertz CT molecular complexity index is 961. The van der Waals surface area contributed by atoms with Crippen molar-refractivity contribution in [1.29, 1.82) is 0 Å². The highest BCUT2D eigenvalue weighted by atomic mass is 35.5. The van der Waals surface area contributed by atoms with Gasteiger partial charge in [0.05, 0.1) is 12.9 Å². The van der Waals surface area contributed by atoms with Crippen molar-refractivity contribution in [3.8, 4) is 5.88 Å². The van der Waals surface area contributed by atoms with Crippen LogP contribution in [0.1, 0.15) is 5.56 Å². The number of hydrogen-bond acceptors (Lipinski definition) is 5. The number of rotatable bonds is 6. The number of halogens is 3. The van der Waals surface area contributed by atoms with Crippen LogP contribution >= 0.6 is 34.8 Å². The number of sulfone groups is 1. The molecule has 0 aliphatic rings. The van der Waals surface area contributed by atoms with Crippen LogP contribution in [-0.2, 0) is 20.4 Å². The SMILES string of the molecule is COc1cccc(NC(=O)C(Cl)=C(Cl)S(=O)(=O)Cc2ccccc2Cl)n1. The maximum absolute atomic E-state index is 12.4. The van der Waals surface area contributed by atoms with Crippen LogP contribution in [0, 0.1) is 0 Å². The molecule has 0 fully saturated rings. The first-order valence-electron chi connectivity index (χ1n) is 7.08. The normalized spacial score (nSPS) is 12.3. The Hall–Kier alpha value is -1.80. The number of nitrogens with zero attached hydrogens (tertiary/aromatic N) is 1. The molecule has 26 heavy (non-hydrogen) atoms. The molecule has 1 amide bonds. The quantitative estimate of drug-likeness (QED) is 0.695. The maximum Gasteiger partial charge on any atom is 0.270 e. The number of ether oxygens (including phenoxy) is 1. The summed E-state index contributed by atoms with van der Waals surface area (Å²) in [4.78, 5) is 16.1. The fourth-order valence-electron chi connectivity index (χ4n) is 1.88. The van der Waals surface area contributed by atoms with Gasteiger partial charge in [-0.3, -0.25) is 4.79 Å². The summed E-state index contributed by atoms with van der Waals surface area (Å²) >= 11 is 17.7. The van der Waals surface area contributed by atoms with Gasteiger partial charge in [-0.25, -0.2) is 8.42 Å². The molecule has 10 heteroatoms. The molecule has 2 aromatic rings. The molecule has 6 nitrogen and oxygen atoms in total. The first-order valence-corrected chi connectivity index (χ1v) is 9.87. The number of aromatic nitrogens is 1. The van der Waals surface area contributed by atoms with E-state index >= 15 is 0 Å². The average Bonchev–Trinajstić information content (AvgIpc) is 2.62. The summed E-state index contributed by atoms with van der Waals surface area (Å²) in [6.45, 7) is 0. The Morgan fingerprint density at radius 3 is 2.50 bits per heavy atom. The van der Waals surface area contributed by atoms with Crippen molar-refractivity contribution < 1.29 is 17.9 Å². The molecule has 1 aromatic carbocycles. The van der Waals surface area contributed by atoms with Gasteiger partial charge in [-0.05, 0) is 17.7 Å². The van der Waals surface area contributed by atoms with E-state index in [1.54, 1.807) is 30.3 Å². The first kappa shape index (κ1) is 20.5. The van der Waals surface area contributed by atoms with Crippen molar-refractivity contribution in [3.05, 3.63) is 62.4 Å². The molecule has 1 aromatic heterocycles. The van der Waals surface area contributed by atoms with Gasteiger partial charge in [0.1, 0.15) is 10.9 Å². The molecule has 0 saturated carbocycles. The lowest BCUT2D eigenvalue weighted by atomic mass is 10.2. The lowest BCUT2D eigenvalue weighted by Gasteiger charge is -2.08. The van der Waals surface area contributed by atoms with E-state index in [0.29, 0.717) is 5.56 Å². The molecule has 0 bridgehead atoms. The minimum atomic E-state index is -4.06. The number of pyridine rings is 1. The third-order valence-electron chi connectivity index (χ3n) is 3.12. The number of hydrogen-bond donors (Lipinski definition) is 1. The molecule has 138 valence electrons. The van der Waals surface area contributed by atoms with Gasteiger partial charge in [-0.15, -0.1) is 0 Å². The van der Waals surface area contributed by atoms with E-state index in [9.17, 15) is 13.2 Å². The van der Waals surface area contributed by atoms with Gasteiger partial charge >= 0.3 is 0 Å². The number of carbonyl (C=O) groups is 1. The van der Waals surface area contributed by atoms with E-state index in [1.807, 2.05) is 0 Å². The summed E-state index contributed by atoms with van der Waals surface area (Å²) in [6, 6.07) is 11.0. The summed E-state index contributed by atoms with van der Waals surface area (Å²) in [5.74, 6) is -1.02. The summed E-state index contributed by atoms with van der Waals surface area (Å²) in [5, 5.41) is 1.94. The van der Waals surface area contributed by atoms with Gasteiger partial charge in [0, 0.05) is 11.1 Å². The number of amides is 1. The minimum Gasteiger partial charge on any atom is -0.481 e. The van der Waals surface area contributed by atoms with Gasteiger partial charge in [0.15, 0.2) is 14.2 Å². The van der Waals surface area contributed by atoms with E-state index in [0.717, 1.165) is 0 Å². The topological polar surface area (TPSA) is 85.4 Å². The van der Waals surface area contributed by atoms with Crippen LogP contribution in [0.5, 0.6) is 5.88 Å². The molecular weight excluding hydrogens is 423 g/mol. The van der Waals surface area contributed by atoms with Crippen molar-refractivity contribution in [3.63, 3.8) is 0 Å². The van der Waals surface area contributed by atoms with Crippen LogP contribution in [0.2, 0.25) is 5.02 Å². The van der Waals surface area contributed by atoms with Crippen LogP contribution in [0.3, 0.4) is 0 Å². The Balaban J connectivity index is 2.23. The van der Waals surface area contributed by atoms with Crippen LogP contribution in [0.4, 0.5) is 5.82 Å². The Labute approximate surface area is 165 Å². The van der Waals surface area contributed by atoms with Crippen LogP contribution in [0.15, 0.2) is 51.9 Å². The van der Waals surface area contributed by atoms with E-state index in [2.05, 4.69) is 10.3 Å². The number of benzene rings is 1. The molecule has 1 N–H and O–H groups in total. The zero-order valence-corrected chi connectivity index (χ0v) is 16.5. The number of nitrogens with one attached hydrogen (secondary N) is 1. The molecule has 0 atom stereocenters. The second kappa shape index (κ2) is 8.73. The average molecular weight is 436 g/mol. The minimum absolute atomic E-state index is 0.125. The number of carbonyl (C=O) groups excluding carboxylic acids is 1. The monoisotopic (exact) mass is 434 g/mol. The number of anilines is 1. The van der Waals surface area contributed by atoms with Crippen LogP contribution in [-0.4, -0.2) is 26.4 Å². The van der Waals surface area contributed by atoms with Gasteiger partial charge in [0.2, 0.25) is 5.88 Å². The summed E-state index contributed by atoms with van der Waals surface area (Å²) < 4.78 is 29.0. The third-order valence-corrected chi connectivity index (χ3v) is 6.40. The Morgan fingerprint density at radius 2 is 1.85 bits per heavy atom. The van der Waals surface area contributed by atoms with E-state index in [1.165, 1.54) is 19.2 Å². The molecule has 0 radical (unpaired) electrons. The molecule has 0 aliphatic heterocycles. The fourth-order valence-corrected chi connectivity index (χ4v) is 3.96. The Morgan fingerprint density at radius 1 is 1.15 bits per heavy atom. The highest BCUT2D eigenvalue weighted by molar-refractivity contribution is 7.96. The molecule has 0 unspecified atom stereocenters. The van der Waals surface area contributed by atoms with Gasteiger partial charge < -0.3 is 10.1 Å². The molecule has 0 spiro atoms. The molecule has 0 aliphatic carbocycles. The van der Waals surface area contributed by atoms with E-state index in [4.69, 9.17) is 39.5 Å². The smallest absolute Gasteiger partial charge is 0.270 e. The first-order chi connectivity index (χ1) is 12.2. The van der Waals surface area contributed by atoms with Crippen molar-refractivity contribution in [2.45, 2.75) is 5.75 Å². The number of methoxy groups -OCH3 is 1. The second-order valence-electron chi connectivity index (χ2n) is 4.96. The summed E-state index contributed by atoms with van der Waals surface area (Å²) in [5.41, 5.74) is 0.339. The molecule has 0 saturated heterocycles. The highest BCUT2D eigenvalue weighted by Gasteiger charge is 2.25. The van der Waals surface area contributed by atoms with E-state index < -0.39 is 30.9 Å². The lowest BCUT2D eigenvalue weighted by molar-refractivity contribution is -0.112. The fraction of sp³-hybridized carbons (Fsp3) is 0.125. The van der Waals surface area contributed by atoms with Crippen LogP contribution in [0.25, 0.3) is 0 Å². The largest absolute Gasteiger partial charge is 0.481 e. The standard InChI is InChI=1S/C16H13Cl3N2O4S/c1-25-13-8-4-7-12(20-13)21-16(22)14(18)15(19)26(23,24)9-10-5-2-3-6-11(10)17/h2-8H,9H2,1H3,(H,20,21,22). The van der Waals surface area contributed by atoms with Crippen LogP contribution < -0.4 is 10.1 Å². The second-order valence-corrected chi connectivity index (χ2v) is 8.27. The third kappa shape index (κ3) is 5.11. The zero-order chi connectivity index (χ0) is 19.3. The van der Waals surface area contributed by atoms with Crippen molar-refractivity contribution in [2.75, 3.05) is 12.4 Å². The predicted molar refractivity (Wildman–Crippen MR) is 102 cm³/mol. The highest BCUT2D eigenvalue weighted by Crippen LogP contribution is 2.27. The lowest BCUT2D eigenvalue weighted by Crippen LogP contribution is -2.16. The molecular formula is C16H13Cl3N2O4S. The van der Waals surface area contributed by atoms with Gasteiger partial charge in [0.25, 0.3) is 5.91 Å². The molecule has 1 heterocycles. The van der Waals surface area contributed by atoms with Gasteiger partial charge in [-0.1, -0.05) is 59.1 Å². The predicted octanol–water partition coefficient (Wildman–Crippen LogP) is 3.94. The Kier molecular flexibility index (Phi) is 6.88. The van der Waals surface area contributed by atoms with Gasteiger partial charge in [-0.2, -0.15) is 4.98 Å². The summed E-state index contributed by atoms with van der Waals surface area (Å²) in [7, 11) is -2.65.